The Balaban J connectivity index is 1.72. The highest BCUT2D eigenvalue weighted by atomic mass is 32.1. The summed E-state index contributed by atoms with van der Waals surface area (Å²) in [6, 6.07) is 4.49. The van der Waals surface area contributed by atoms with Gasteiger partial charge < -0.3 is 5.32 Å². The molecule has 2 aromatic rings. The predicted octanol–water partition coefficient (Wildman–Crippen LogP) is 3.76. The molecule has 0 saturated heterocycles. The summed E-state index contributed by atoms with van der Waals surface area (Å²) in [4.78, 5) is 2.88. The zero-order chi connectivity index (χ0) is 11.4. The average molecular weight is 251 g/mol. The van der Waals surface area contributed by atoms with E-state index >= 15 is 0 Å². The smallest absolute Gasteiger partial charge is 0.0300 e. The van der Waals surface area contributed by atoms with E-state index in [1.54, 1.807) is 11.3 Å². The summed E-state index contributed by atoms with van der Waals surface area (Å²) in [5.74, 6) is 0. The Labute approximate surface area is 105 Å². The first-order valence-electron chi connectivity index (χ1n) is 5.53. The van der Waals surface area contributed by atoms with Crippen molar-refractivity contribution in [1.82, 2.24) is 5.32 Å². The quantitative estimate of drug-likeness (QED) is 0.798. The second-order valence-corrected chi connectivity index (χ2v) is 6.13. The van der Waals surface area contributed by atoms with Crippen LogP contribution in [0.5, 0.6) is 0 Å². The van der Waals surface area contributed by atoms with E-state index in [2.05, 4.69) is 42.1 Å². The third-order valence-corrected chi connectivity index (χ3v) is 4.57. The van der Waals surface area contributed by atoms with Crippen molar-refractivity contribution in [3.05, 3.63) is 43.8 Å². The zero-order valence-electron chi connectivity index (χ0n) is 9.75. The van der Waals surface area contributed by atoms with Crippen LogP contribution in [0.25, 0.3) is 0 Å². The van der Waals surface area contributed by atoms with Gasteiger partial charge >= 0.3 is 0 Å². The fourth-order valence-corrected chi connectivity index (χ4v) is 3.34. The molecule has 3 heteroatoms. The van der Waals surface area contributed by atoms with E-state index in [4.69, 9.17) is 0 Å². The lowest BCUT2D eigenvalue weighted by molar-refractivity contribution is 0.694. The van der Waals surface area contributed by atoms with Gasteiger partial charge in [0.05, 0.1) is 0 Å². The van der Waals surface area contributed by atoms with Gasteiger partial charge in [0.25, 0.3) is 0 Å². The molecule has 0 aliphatic rings. The van der Waals surface area contributed by atoms with E-state index in [-0.39, 0.29) is 0 Å². The van der Waals surface area contributed by atoms with Crippen LogP contribution in [-0.4, -0.2) is 6.54 Å². The van der Waals surface area contributed by atoms with Crippen LogP contribution in [0.2, 0.25) is 0 Å². The van der Waals surface area contributed by atoms with Crippen LogP contribution in [0.3, 0.4) is 0 Å². The van der Waals surface area contributed by atoms with Gasteiger partial charge in [-0.05, 0) is 60.8 Å². The van der Waals surface area contributed by atoms with E-state index in [9.17, 15) is 0 Å². The van der Waals surface area contributed by atoms with Crippen LogP contribution in [0.4, 0.5) is 0 Å². The van der Waals surface area contributed by atoms with Gasteiger partial charge in [0.15, 0.2) is 0 Å². The summed E-state index contributed by atoms with van der Waals surface area (Å²) in [6.45, 7) is 6.44. The third-order valence-electron chi connectivity index (χ3n) is 2.69. The van der Waals surface area contributed by atoms with Gasteiger partial charge in [-0.3, -0.25) is 0 Å². The summed E-state index contributed by atoms with van der Waals surface area (Å²) in [7, 11) is 0. The molecule has 0 bridgehead atoms. The predicted molar refractivity (Wildman–Crippen MR) is 73.5 cm³/mol. The molecule has 0 aliphatic carbocycles. The minimum atomic E-state index is 1.00. The van der Waals surface area contributed by atoms with Crippen LogP contribution < -0.4 is 5.32 Å². The van der Waals surface area contributed by atoms with Gasteiger partial charge in [0.2, 0.25) is 0 Å². The van der Waals surface area contributed by atoms with Crippen LogP contribution in [-0.2, 0) is 13.0 Å². The summed E-state index contributed by atoms with van der Waals surface area (Å²) in [5, 5.41) is 7.86. The molecule has 0 spiro atoms. The van der Waals surface area contributed by atoms with Crippen molar-refractivity contribution in [2.45, 2.75) is 26.8 Å². The molecule has 0 amide bonds. The van der Waals surface area contributed by atoms with Crippen molar-refractivity contribution in [3.63, 3.8) is 0 Å². The first kappa shape index (κ1) is 11.8. The Morgan fingerprint density at radius 2 is 2.19 bits per heavy atom. The fraction of sp³-hybridized carbons (Fsp3) is 0.385. The molecule has 2 rings (SSSR count). The van der Waals surface area contributed by atoms with Gasteiger partial charge in [-0.25, -0.2) is 0 Å². The molecule has 0 aromatic carbocycles. The Morgan fingerprint density at radius 1 is 1.31 bits per heavy atom. The molecular weight excluding hydrogens is 234 g/mol. The molecule has 0 atom stereocenters. The maximum Gasteiger partial charge on any atom is 0.0300 e. The normalized spacial score (nSPS) is 10.9. The lowest BCUT2D eigenvalue weighted by Gasteiger charge is -2.01. The standard InChI is InChI=1S/C13H17NS2/c1-10-7-13(16-11(10)2)8-14-5-3-12-4-6-15-9-12/h4,6-7,9,14H,3,5,8H2,1-2H3. The molecular formula is C13H17NS2. The SMILES string of the molecule is Cc1cc(CNCCc2ccsc2)sc1C. The van der Waals surface area contributed by atoms with Crippen molar-refractivity contribution in [2.75, 3.05) is 6.54 Å². The number of nitrogens with one attached hydrogen (secondary N) is 1. The topological polar surface area (TPSA) is 12.0 Å². The van der Waals surface area contributed by atoms with E-state index in [0.29, 0.717) is 0 Å². The highest BCUT2D eigenvalue weighted by Crippen LogP contribution is 2.20. The summed E-state index contributed by atoms with van der Waals surface area (Å²) in [5.41, 5.74) is 2.86. The molecule has 0 aliphatic heterocycles. The zero-order valence-corrected chi connectivity index (χ0v) is 11.4. The molecule has 16 heavy (non-hydrogen) atoms. The van der Waals surface area contributed by atoms with Crippen molar-refractivity contribution >= 4 is 22.7 Å². The average Bonchev–Trinajstić information content (AvgIpc) is 2.85. The van der Waals surface area contributed by atoms with E-state index in [0.717, 1.165) is 19.5 Å². The van der Waals surface area contributed by atoms with E-state index < -0.39 is 0 Å². The van der Waals surface area contributed by atoms with Crippen LogP contribution in [0, 0.1) is 13.8 Å². The van der Waals surface area contributed by atoms with Crippen molar-refractivity contribution < 1.29 is 0 Å². The highest BCUT2D eigenvalue weighted by molar-refractivity contribution is 7.12. The molecule has 0 radical (unpaired) electrons. The second-order valence-electron chi connectivity index (χ2n) is 4.01. The molecule has 0 fully saturated rings. The van der Waals surface area contributed by atoms with E-state index in [1.165, 1.54) is 20.9 Å². The maximum atomic E-state index is 3.50. The Bertz CT molecular complexity index is 409. The molecule has 1 nitrogen and oxygen atoms in total. The molecule has 0 saturated carbocycles. The largest absolute Gasteiger partial charge is 0.312 e. The Hall–Kier alpha value is -0.640. The number of rotatable bonds is 5. The summed E-state index contributed by atoms with van der Waals surface area (Å²) >= 11 is 3.68. The molecule has 2 aromatic heterocycles. The van der Waals surface area contributed by atoms with E-state index in [1.807, 2.05) is 11.3 Å². The first-order chi connectivity index (χ1) is 7.75. The lowest BCUT2D eigenvalue weighted by Crippen LogP contribution is -2.15. The molecule has 1 N–H and O–H groups in total. The minimum absolute atomic E-state index is 1.00. The highest BCUT2D eigenvalue weighted by Gasteiger charge is 2.00. The number of hydrogen-bond acceptors (Lipinski definition) is 3. The van der Waals surface area contributed by atoms with Crippen LogP contribution in [0.1, 0.15) is 20.9 Å². The number of aryl methyl sites for hydroxylation is 2. The van der Waals surface area contributed by atoms with Gasteiger partial charge in [-0.2, -0.15) is 11.3 Å². The molecule has 2 heterocycles. The monoisotopic (exact) mass is 251 g/mol. The Morgan fingerprint density at radius 3 is 2.81 bits per heavy atom. The summed E-state index contributed by atoms with van der Waals surface area (Å²) in [6.07, 6.45) is 1.13. The third kappa shape index (κ3) is 3.17. The van der Waals surface area contributed by atoms with Crippen molar-refractivity contribution in [1.29, 1.82) is 0 Å². The van der Waals surface area contributed by atoms with Gasteiger partial charge in [-0.15, -0.1) is 11.3 Å². The number of thiophene rings is 2. The Kier molecular flexibility index (Phi) is 4.16. The fourth-order valence-electron chi connectivity index (χ4n) is 1.62. The van der Waals surface area contributed by atoms with Gasteiger partial charge in [0.1, 0.15) is 0 Å². The molecule has 0 unspecified atom stereocenters. The van der Waals surface area contributed by atoms with Crippen LogP contribution >= 0.6 is 22.7 Å². The van der Waals surface area contributed by atoms with Gasteiger partial charge in [-0.1, -0.05) is 0 Å². The van der Waals surface area contributed by atoms with Gasteiger partial charge in [0, 0.05) is 16.3 Å². The number of hydrogen-bond donors (Lipinski definition) is 1. The minimum Gasteiger partial charge on any atom is -0.312 e. The lowest BCUT2D eigenvalue weighted by atomic mass is 10.2. The molecule has 86 valence electrons. The van der Waals surface area contributed by atoms with Crippen LogP contribution in [0.15, 0.2) is 22.9 Å². The van der Waals surface area contributed by atoms with Crippen molar-refractivity contribution in [2.24, 2.45) is 0 Å². The second kappa shape index (κ2) is 5.62. The first-order valence-corrected chi connectivity index (χ1v) is 7.29. The maximum absolute atomic E-state index is 3.50. The summed E-state index contributed by atoms with van der Waals surface area (Å²) < 4.78 is 0. The van der Waals surface area contributed by atoms with Crippen molar-refractivity contribution in [3.8, 4) is 0 Å².